The van der Waals surface area contributed by atoms with Crippen LogP contribution in [0.1, 0.15) is 25.0 Å². The van der Waals surface area contributed by atoms with Crippen LogP contribution in [0.25, 0.3) is 0 Å². The topological polar surface area (TPSA) is 50.7 Å². The van der Waals surface area contributed by atoms with E-state index in [1.165, 1.54) is 0 Å². The van der Waals surface area contributed by atoms with E-state index in [0.717, 1.165) is 23.5 Å². The Hall–Kier alpha value is -0.910. The highest BCUT2D eigenvalue weighted by molar-refractivity contribution is 7.98. The average Bonchev–Trinajstić information content (AvgIpc) is 2.90. The maximum Gasteiger partial charge on any atom is 0.231 e. The quantitative estimate of drug-likeness (QED) is 0.803. The van der Waals surface area contributed by atoms with E-state index in [9.17, 15) is 5.11 Å². The molecule has 2 N–H and O–H groups in total. The van der Waals surface area contributed by atoms with Crippen LogP contribution >= 0.6 is 11.8 Å². The summed E-state index contributed by atoms with van der Waals surface area (Å²) in [7, 11) is 0. The summed E-state index contributed by atoms with van der Waals surface area (Å²) in [5, 5.41) is 13.6. The largest absolute Gasteiger partial charge is 0.454 e. The van der Waals surface area contributed by atoms with Gasteiger partial charge in [-0.1, -0.05) is 13.0 Å². The maximum absolute atomic E-state index is 10.2. The number of aliphatic hydroxyl groups is 1. The zero-order valence-electron chi connectivity index (χ0n) is 11.4. The van der Waals surface area contributed by atoms with Gasteiger partial charge in [-0.05, 0) is 30.4 Å². The molecule has 4 nitrogen and oxygen atoms in total. The Labute approximate surface area is 118 Å². The molecule has 1 aliphatic heterocycles. The Morgan fingerprint density at radius 2 is 2.16 bits per heavy atom. The van der Waals surface area contributed by atoms with Gasteiger partial charge in [0.05, 0.1) is 6.10 Å². The second-order valence-electron chi connectivity index (χ2n) is 4.60. The number of rotatable bonds is 7. The minimum atomic E-state index is -0.523. The first-order valence-electron chi connectivity index (χ1n) is 6.54. The Balaban J connectivity index is 1.90. The maximum atomic E-state index is 10.2. The van der Waals surface area contributed by atoms with Crippen LogP contribution in [0.3, 0.4) is 0 Å². The predicted octanol–water partition coefficient (Wildman–Crippen LogP) is 2.18. The molecule has 0 fully saturated rings. The molecule has 2 unspecified atom stereocenters. The summed E-state index contributed by atoms with van der Waals surface area (Å²) in [4.78, 5) is 0. The van der Waals surface area contributed by atoms with Crippen molar-refractivity contribution in [3.63, 3.8) is 0 Å². The van der Waals surface area contributed by atoms with Crippen molar-refractivity contribution in [2.75, 3.05) is 25.3 Å². The monoisotopic (exact) mass is 283 g/mol. The summed E-state index contributed by atoms with van der Waals surface area (Å²) in [5.41, 5.74) is 0.857. The summed E-state index contributed by atoms with van der Waals surface area (Å²) in [5.74, 6) is 2.52. The number of aliphatic hydroxyl groups excluding tert-OH is 1. The van der Waals surface area contributed by atoms with E-state index < -0.39 is 6.10 Å². The Kier molecular flexibility index (Phi) is 5.36. The third-order valence-electron chi connectivity index (χ3n) is 3.24. The molecule has 1 aromatic carbocycles. The molecule has 0 spiro atoms. The smallest absolute Gasteiger partial charge is 0.231 e. The van der Waals surface area contributed by atoms with Crippen LogP contribution in [0.5, 0.6) is 11.5 Å². The molecule has 2 atom stereocenters. The zero-order chi connectivity index (χ0) is 13.7. The molecular formula is C14H21NO3S. The SMILES string of the molecule is CCC(CSC)NCC(O)c1ccc2c(c1)OCO2. The molecule has 1 aromatic rings. The number of benzene rings is 1. The highest BCUT2D eigenvalue weighted by Crippen LogP contribution is 2.34. The summed E-state index contributed by atoms with van der Waals surface area (Å²) in [6.45, 7) is 2.97. The van der Waals surface area contributed by atoms with Gasteiger partial charge in [-0.25, -0.2) is 0 Å². The predicted molar refractivity (Wildman–Crippen MR) is 78.0 cm³/mol. The van der Waals surface area contributed by atoms with Crippen LogP contribution < -0.4 is 14.8 Å². The van der Waals surface area contributed by atoms with Gasteiger partial charge in [0.25, 0.3) is 0 Å². The number of hydrogen-bond donors (Lipinski definition) is 2. The molecular weight excluding hydrogens is 262 g/mol. The zero-order valence-corrected chi connectivity index (χ0v) is 12.2. The molecule has 106 valence electrons. The van der Waals surface area contributed by atoms with Gasteiger partial charge in [-0.15, -0.1) is 0 Å². The van der Waals surface area contributed by atoms with E-state index in [0.29, 0.717) is 18.3 Å². The standard InChI is InChI=1S/C14H21NO3S/c1-3-11(8-19-2)15-7-12(16)10-4-5-13-14(6-10)18-9-17-13/h4-6,11-12,15-16H,3,7-9H2,1-2H3. The fraction of sp³-hybridized carbons (Fsp3) is 0.571. The van der Waals surface area contributed by atoms with Crippen molar-refractivity contribution in [2.45, 2.75) is 25.5 Å². The molecule has 0 bridgehead atoms. The Morgan fingerprint density at radius 3 is 2.89 bits per heavy atom. The molecule has 0 saturated carbocycles. The fourth-order valence-electron chi connectivity index (χ4n) is 2.04. The van der Waals surface area contributed by atoms with Gasteiger partial charge in [0.2, 0.25) is 6.79 Å². The van der Waals surface area contributed by atoms with E-state index in [2.05, 4.69) is 18.5 Å². The normalized spacial score (nSPS) is 16.4. The molecule has 0 aliphatic carbocycles. The van der Waals surface area contributed by atoms with Crippen LogP contribution in [-0.4, -0.2) is 36.5 Å². The molecule has 19 heavy (non-hydrogen) atoms. The van der Waals surface area contributed by atoms with E-state index in [4.69, 9.17) is 9.47 Å². The first-order chi connectivity index (χ1) is 9.24. The Morgan fingerprint density at radius 1 is 1.37 bits per heavy atom. The van der Waals surface area contributed by atoms with Gasteiger partial charge in [0.15, 0.2) is 11.5 Å². The first-order valence-corrected chi connectivity index (χ1v) is 7.94. The van der Waals surface area contributed by atoms with Crippen molar-refractivity contribution >= 4 is 11.8 Å². The summed E-state index contributed by atoms with van der Waals surface area (Å²) in [6, 6.07) is 6.03. The molecule has 2 rings (SSSR count). The number of ether oxygens (including phenoxy) is 2. The van der Waals surface area contributed by atoms with Crippen LogP contribution in [-0.2, 0) is 0 Å². The highest BCUT2D eigenvalue weighted by Gasteiger charge is 2.17. The van der Waals surface area contributed by atoms with Crippen molar-refractivity contribution in [1.82, 2.24) is 5.32 Å². The van der Waals surface area contributed by atoms with E-state index in [-0.39, 0.29) is 6.79 Å². The number of fused-ring (bicyclic) bond motifs is 1. The highest BCUT2D eigenvalue weighted by atomic mass is 32.2. The molecule has 0 saturated heterocycles. The average molecular weight is 283 g/mol. The van der Waals surface area contributed by atoms with Crippen LogP contribution in [0.15, 0.2) is 18.2 Å². The van der Waals surface area contributed by atoms with Crippen molar-refractivity contribution < 1.29 is 14.6 Å². The molecule has 1 heterocycles. The molecule has 0 amide bonds. The lowest BCUT2D eigenvalue weighted by Crippen LogP contribution is -2.34. The third kappa shape index (κ3) is 3.78. The van der Waals surface area contributed by atoms with Crippen molar-refractivity contribution in [3.8, 4) is 11.5 Å². The van der Waals surface area contributed by atoms with E-state index >= 15 is 0 Å². The minimum Gasteiger partial charge on any atom is -0.454 e. The van der Waals surface area contributed by atoms with Crippen LogP contribution in [0, 0.1) is 0 Å². The molecule has 1 aliphatic rings. The minimum absolute atomic E-state index is 0.263. The number of hydrogen-bond acceptors (Lipinski definition) is 5. The molecule has 0 radical (unpaired) electrons. The van der Waals surface area contributed by atoms with Gasteiger partial charge >= 0.3 is 0 Å². The lowest BCUT2D eigenvalue weighted by molar-refractivity contribution is 0.168. The van der Waals surface area contributed by atoms with Gasteiger partial charge in [-0.3, -0.25) is 0 Å². The summed E-state index contributed by atoms with van der Waals surface area (Å²) in [6.07, 6.45) is 2.64. The van der Waals surface area contributed by atoms with Crippen molar-refractivity contribution in [3.05, 3.63) is 23.8 Å². The molecule has 0 aromatic heterocycles. The van der Waals surface area contributed by atoms with Gasteiger partial charge in [-0.2, -0.15) is 11.8 Å². The summed E-state index contributed by atoms with van der Waals surface area (Å²) >= 11 is 1.82. The second kappa shape index (κ2) is 7.03. The number of thioether (sulfide) groups is 1. The lowest BCUT2D eigenvalue weighted by Gasteiger charge is -2.19. The Bertz CT molecular complexity index is 414. The lowest BCUT2D eigenvalue weighted by atomic mass is 10.1. The van der Waals surface area contributed by atoms with Gasteiger partial charge in [0, 0.05) is 18.3 Å². The third-order valence-corrected chi connectivity index (χ3v) is 3.98. The number of nitrogens with one attached hydrogen (secondary N) is 1. The van der Waals surface area contributed by atoms with E-state index in [1.54, 1.807) is 0 Å². The summed E-state index contributed by atoms with van der Waals surface area (Å²) < 4.78 is 10.6. The first kappa shape index (κ1) is 14.5. The second-order valence-corrected chi connectivity index (χ2v) is 5.51. The van der Waals surface area contributed by atoms with Crippen LogP contribution in [0.4, 0.5) is 0 Å². The van der Waals surface area contributed by atoms with Crippen LogP contribution in [0.2, 0.25) is 0 Å². The van der Waals surface area contributed by atoms with Crippen molar-refractivity contribution in [2.24, 2.45) is 0 Å². The van der Waals surface area contributed by atoms with Gasteiger partial charge in [0.1, 0.15) is 0 Å². The van der Waals surface area contributed by atoms with E-state index in [1.807, 2.05) is 30.0 Å². The van der Waals surface area contributed by atoms with Crippen molar-refractivity contribution in [1.29, 1.82) is 0 Å². The van der Waals surface area contributed by atoms with Gasteiger partial charge < -0.3 is 19.9 Å². The molecule has 5 heteroatoms. The fourth-order valence-corrected chi connectivity index (χ4v) is 2.79.